The number of carbonyl (C=O) groups is 3. The highest BCUT2D eigenvalue weighted by atomic mass is 16.6. The van der Waals surface area contributed by atoms with E-state index in [0.29, 0.717) is 42.9 Å². The van der Waals surface area contributed by atoms with Crippen LogP contribution in [0.2, 0.25) is 0 Å². The molecule has 2 aliphatic heterocycles. The number of benzene rings is 1. The van der Waals surface area contributed by atoms with Crippen molar-refractivity contribution in [3.63, 3.8) is 0 Å². The molecule has 2 fully saturated rings. The molecule has 0 aromatic heterocycles. The first kappa shape index (κ1) is 17.6. The van der Waals surface area contributed by atoms with E-state index < -0.39 is 0 Å². The number of hydrogen-bond donors (Lipinski definition) is 1. The summed E-state index contributed by atoms with van der Waals surface area (Å²) in [5.41, 5.74) is 0.497. The van der Waals surface area contributed by atoms with E-state index in [2.05, 4.69) is 5.32 Å². The Labute approximate surface area is 156 Å². The molecule has 8 heteroatoms. The fourth-order valence-electron chi connectivity index (χ4n) is 3.24. The van der Waals surface area contributed by atoms with Gasteiger partial charge < -0.3 is 24.4 Å². The molecule has 1 atom stereocenters. The summed E-state index contributed by atoms with van der Waals surface area (Å²) in [6, 6.07) is 5.35. The molecular formula is C19H22N2O6. The Hall–Kier alpha value is -2.77. The van der Waals surface area contributed by atoms with Crippen LogP contribution in [0.1, 0.15) is 36.0 Å². The zero-order valence-corrected chi connectivity index (χ0v) is 14.9. The Kier molecular flexibility index (Phi) is 4.87. The largest absolute Gasteiger partial charge is 0.486 e. The third-order valence-electron chi connectivity index (χ3n) is 4.86. The van der Waals surface area contributed by atoms with Gasteiger partial charge in [0.1, 0.15) is 19.3 Å². The molecule has 1 saturated carbocycles. The molecule has 0 spiro atoms. The molecule has 1 N–H and O–H groups in total. The molecule has 27 heavy (non-hydrogen) atoms. The summed E-state index contributed by atoms with van der Waals surface area (Å²) in [4.78, 5) is 37.8. The molecule has 1 aliphatic carbocycles. The number of nitrogens with zero attached hydrogens (tertiary/aromatic N) is 1. The average molecular weight is 374 g/mol. The van der Waals surface area contributed by atoms with Gasteiger partial charge in [-0.05, 0) is 31.0 Å². The number of ether oxygens (including phenoxy) is 3. The molecule has 2 heterocycles. The lowest BCUT2D eigenvalue weighted by molar-refractivity contribution is -0.121. The van der Waals surface area contributed by atoms with Crippen LogP contribution in [0.4, 0.5) is 4.79 Å². The first-order valence-electron chi connectivity index (χ1n) is 9.27. The van der Waals surface area contributed by atoms with Crippen LogP contribution in [0.5, 0.6) is 11.5 Å². The number of ketones is 1. The van der Waals surface area contributed by atoms with Crippen molar-refractivity contribution in [1.82, 2.24) is 10.2 Å². The highest BCUT2D eigenvalue weighted by Crippen LogP contribution is 2.31. The van der Waals surface area contributed by atoms with Crippen LogP contribution < -0.4 is 14.8 Å². The van der Waals surface area contributed by atoms with Crippen molar-refractivity contribution in [2.75, 3.05) is 26.3 Å². The molecular weight excluding hydrogens is 352 g/mol. The Morgan fingerprint density at radius 3 is 2.67 bits per heavy atom. The Balaban J connectivity index is 1.21. The minimum atomic E-state index is -0.324. The zero-order valence-electron chi connectivity index (χ0n) is 14.9. The van der Waals surface area contributed by atoms with Gasteiger partial charge in [-0.1, -0.05) is 0 Å². The highest BCUT2D eigenvalue weighted by Gasteiger charge is 2.40. The minimum absolute atomic E-state index is 0.0836. The van der Waals surface area contributed by atoms with Crippen LogP contribution in [0.3, 0.4) is 0 Å². The number of fused-ring (bicyclic) bond motifs is 1. The lowest BCUT2D eigenvalue weighted by atomic mass is 10.1. The maximum Gasteiger partial charge on any atom is 0.410 e. The van der Waals surface area contributed by atoms with Crippen molar-refractivity contribution < 1.29 is 28.6 Å². The van der Waals surface area contributed by atoms with E-state index in [-0.39, 0.29) is 43.3 Å². The van der Waals surface area contributed by atoms with Crippen LogP contribution in [0.15, 0.2) is 18.2 Å². The predicted molar refractivity (Wildman–Crippen MR) is 94.0 cm³/mol. The smallest absolute Gasteiger partial charge is 0.410 e. The molecule has 1 saturated heterocycles. The van der Waals surface area contributed by atoms with E-state index in [4.69, 9.17) is 14.2 Å². The number of amides is 2. The van der Waals surface area contributed by atoms with Crippen molar-refractivity contribution in [1.29, 1.82) is 0 Å². The number of cyclic esters (lactones) is 1. The summed E-state index contributed by atoms with van der Waals surface area (Å²) >= 11 is 0. The molecule has 0 bridgehead atoms. The van der Waals surface area contributed by atoms with Gasteiger partial charge in [-0.25, -0.2) is 4.79 Å². The zero-order chi connectivity index (χ0) is 18.8. The lowest BCUT2D eigenvalue weighted by Gasteiger charge is -2.18. The van der Waals surface area contributed by atoms with Crippen molar-refractivity contribution in [3.05, 3.63) is 23.8 Å². The Morgan fingerprint density at radius 1 is 1.11 bits per heavy atom. The van der Waals surface area contributed by atoms with Crippen molar-refractivity contribution in [2.45, 2.75) is 37.8 Å². The van der Waals surface area contributed by atoms with E-state index in [0.717, 1.165) is 12.8 Å². The predicted octanol–water partition coefficient (Wildman–Crippen LogP) is 1.52. The third kappa shape index (κ3) is 4.15. The maximum absolute atomic E-state index is 12.3. The molecule has 1 aromatic rings. The number of carbonyl (C=O) groups excluding carboxylic acids is 3. The van der Waals surface area contributed by atoms with Gasteiger partial charge in [0.05, 0.1) is 13.1 Å². The van der Waals surface area contributed by atoms with Gasteiger partial charge in [0.15, 0.2) is 17.3 Å². The van der Waals surface area contributed by atoms with Crippen molar-refractivity contribution in [2.24, 2.45) is 0 Å². The van der Waals surface area contributed by atoms with Crippen LogP contribution in [-0.4, -0.2) is 61.1 Å². The molecule has 0 radical (unpaired) electrons. The number of rotatable bonds is 7. The number of nitrogens with one attached hydrogen (secondary N) is 1. The topological polar surface area (TPSA) is 94.2 Å². The SMILES string of the molecule is O=C(CCC(=O)c1ccc2c(c1)OCCO2)NCC1CN(C2CC2)C(=O)O1. The molecule has 3 aliphatic rings. The molecule has 144 valence electrons. The lowest BCUT2D eigenvalue weighted by Crippen LogP contribution is -2.35. The summed E-state index contributed by atoms with van der Waals surface area (Å²) in [6.45, 7) is 1.73. The monoisotopic (exact) mass is 374 g/mol. The van der Waals surface area contributed by atoms with Crippen LogP contribution in [0, 0.1) is 0 Å². The normalized spacial score (nSPS) is 21.0. The average Bonchev–Trinajstić information content (AvgIpc) is 3.46. The van der Waals surface area contributed by atoms with Gasteiger partial charge >= 0.3 is 6.09 Å². The molecule has 2 amide bonds. The van der Waals surface area contributed by atoms with Gasteiger partial charge in [-0.3, -0.25) is 9.59 Å². The van der Waals surface area contributed by atoms with Crippen LogP contribution in [-0.2, 0) is 9.53 Å². The summed E-state index contributed by atoms with van der Waals surface area (Å²) in [5, 5.41) is 2.74. The fourth-order valence-corrected chi connectivity index (χ4v) is 3.24. The Morgan fingerprint density at radius 2 is 1.89 bits per heavy atom. The van der Waals surface area contributed by atoms with Gasteiger partial charge in [0.25, 0.3) is 0 Å². The van der Waals surface area contributed by atoms with E-state index in [1.54, 1.807) is 23.1 Å². The summed E-state index contributed by atoms with van der Waals surface area (Å²) in [6.07, 6.45) is 1.61. The second-order valence-corrected chi connectivity index (χ2v) is 6.97. The van der Waals surface area contributed by atoms with Gasteiger partial charge in [0, 0.05) is 24.4 Å². The second kappa shape index (κ2) is 7.46. The Bertz CT molecular complexity index is 761. The third-order valence-corrected chi connectivity index (χ3v) is 4.86. The van der Waals surface area contributed by atoms with E-state index in [1.807, 2.05) is 0 Å². The van der Waals surface area contributed by atoms with Gasteiger partial charge in [0.2, 0.25) is 5.91 Å². The van der Waals surface area contributed by atoms with E-state index >= 15 is 0 Å². The number of hydrogen-bond acceptors (Lipinski definition) is 6. The molecule has 1 unspecified atom stereocenters. The number of Topliss-reactive ketones (excluding diaryl/α,β-unsaturated/α-hetero) is 1. The van der Waals surface area contributed by atoms with Crippen molar-refractivity contribution in [3.8, 4) is 11.5 Å². The van der Waals surface area contributed by atoms with E-state index in [9.17, 15) is 14.4 Å². The molecule has 8 nitrogen and oxygen atoms in total. The molecule has 1 aromatic carbocycles. The van der Waals surface area contributed by atoms with Gasteiger partial charge in [-0.15, -0.1) is 0 Å². The summed E-state index contributed by atoms with van der Waals surface area (Å²) < 4.78 is 16.2. The highest BCUT2D eigenvalue weighted by molar-refractivity contribution is 5.98. The fraction of sp³-hybridized carbons (Fsp3) is 0.526. The van der Waals surface area contributed by atoms with Crippen LogP contribution in [0.25, 0.3) is 0 Å². The minimum Gasteiger partial charge on any atom is -0.486 e. The standard InChI is InChI=1S/C19H22N2O6/c22-15(12-1-5-16-17(9-12)26-8-7-25-16)4-6-18(23)20-10-14-11-21(13-2-3-13)19(24)27-14/h1,5,9,13-14H,2-4,6-8,10-11H2,(H,20,23). The van der Waals surface area contributed by atoms with Crippen molar-refractivity contribution >= 4 is 17.8 Å². The van der Waals surface area contributed by atoms with E-state index in [1.165, 1.54) is 0 Å². The molecule has 4 rings (SSSR count). The first-order valence-corrected chi connectivity index (χ1v) is 9.27. The quantitative estimate of drug-likeness (QED) is 0.728. The second-order valence-electron chi connectivity index (χ2n) is 6.97. The van der Waals surface area contributed by atoms with Gasteiger partial charge in [-0.2, -0.15) is 0 Å². The maximum atomic E-state index is 12.3. The first-order chi connectivity index (χ1) is 13.1. The summed E-state index contributed by atoms with van der Waals surface area (Å²) in [7, 11) is 0. The van der Waals surface area contributed by atoms with Crippen LogP contribution >= 0.6 is 0 Å². The summed E-state index contributed by atoms with van der Waals surface area (Å²) in [5.74, 6) is 0.817.